The lowest BCUT2D eigenvalue weighted by Gasteiger charge is -2.12. The molecule has 3 nitrogen and oxygen atoms in total. The third kappa shape index (κ3) is 3.83. The highest BCUT2D eigenvalue weighted by molar-refractivity contribution is 5.80. The van der Waals surface area contributed by atoms with Crippen LogP contribution in [0.25, 0.3) is 0 Å². The Kier molecular flexibility index (Phi) is 5.32. The van der Waals surface area contributed by atoms with Gasteiger partial charge in [-0.05, 0) is 26.2 Å². The molecule has 0 N–H and O–H groups in total. The van der Waals surface area contributed by atoms with Crippen molar-refractivity contribution < 1.29 is 9.53 Å². The van der Waals surface area contributed by atoms with Crippen LogP contribution in [0.3, 0.4) is 0 Å². The zero-order valence-corrected chi connectivity index (χ0v) is 12.0. The average molecular weight is 249 g/mol. The van der Waals surface area contributed by atoms with Crippen LogP contribution in [-0.4, -0.2) is 17.9 Å². The lowest BCUT2D eigenvalue weighted by molar-refractivity contribution is -0.118. The van der Waals surface area contributed by atoms with Crippen molar-refractivity contribution in [1.82, 2.24) is 4.98 Å². The number of carbonyl (C=O) groups is 1. The fraction of sp³-hybridized carbons (Fsp3) is 0.600. The van der Waals surface area contributed by atoms with Gasteiger partial charge in [0.15, 0.2) is 0 Å². The molecule has 0 radical (unpaired) electrons. The Labute approximate surface area is 110 Å². The van der Waals surface area contributed by atoms with Gasteiger partial charge in [0, 0.05) is 30.2 Å². The number of ketones is 1. The first-order valence-electron chi connectivity index (χ1n) is 6.46. The van der Waals surface area contributed by atoms with Crippen LogP contribution in [-0.2, 0) is 11.2 Å². The SMILES string of the molecule is COc1c(C)cnc(CC(=O)CCC(C)C)c1C. The van der Waals surface area contributed by atoms with E-state index < -0.39 is 0 Å². The summed E-state index contributed by atoms with van der Waals surface area (Å²) in [6.45, 7) is 8.18. The van der Waals surface area contributed by atoms with Gasteiger partial charge in [-0.1, -0.05) is 13.8 Å². The third-order valence-electron chi connectivity index (χ3n) is 3.11. The van der Waals surface area contributed by atoms with Crippen LogP contribution < -0.4 is 4.74 Å². The van der Waals surface area contributed by atoms with Gasteiger partial charge in [-0.3, -0.25) is 9.78 Å². The average Bonchev–Trinajstić information content (AvgIpc) is 2.31. The van der Waals surface area contributed by atoms with E-state index >= 15 is 0 Å². The summed E-state index contributed by atoms with van der Waals surface area (Å²) in [6, 6.07) is 0. The van der Waals surface area contributed by atoms with Gasteiger partial charge in [-0.2, -0.15) is 0 Å². The minimum absolute atomic E-state index is 0.255. The molecule has 18 heavy (non-hydrogen) atoms. The monoisotopic (exact) mass is 249 g/mol. The number of methoxy groups -OCH3 is 1. The molecule has 0 spiro atoms. The summed E-state index contributed by atoms with van der Waals surface area (Å²) in [6.07, 6.45) is 3.77. The molecule has 3 heteroatoms. The molecule has 0 aliphatic rings. The van der Waals surface area contributed by atoms with Crippen LogP contribution in [0.2, 0.25) is 0 Å². The van der Waals surface area contributed by atoms with E-state index in [1.165, 1.54) is 0 Å². The maximum Gasteiger partial charge on any atom is 0.138 e. The van der Waals surface area contributed by atoms with Crippen LogP contribution in [0.5, 0.6) is 5.75 Å². The Hall–Kier alpha value is -1.38. The molecule has 0 aliphatic heterocycles. The van der Waals surface area contributed by atoms with Gasteiger partial charge in [0.1, 0.15) is 11.5 Å². The fourth-order valence-electron chi connectivity index (χ4n) is 1.97. The van der Waals surface area contributed by atoms with Gasteiger partial charge < -0.3 is 4.74 Å². The molecule has 0 amide bonds. The maximum atomic E-state index is 11.9. The summed E-state index contributed by atoms with van der Waals surface area (Å²) in [7, 11) is 1.65. The van der Waals surface area contributed by atoms with Gasteiger partial charge in [-0.15, -0.1) is 0 Å². The summed E-state index contributed by atoms with van der Waals surface area (Å²) in [4.78, 5) is 16.2. The molecule has 0 aliphatic carbocycles. The normalized spacial score (nSPS) is 10.8. The topological polar surface area (TPSA) is 39.2 Å². The Morgan fingerprint density at radius 1 is 1.39 bits per heavy atom. The molecule has 0 bridgehead atoms. The van der Waals surface area contributed by atoms with Gasteiger partial charge in [0.05, 0.1) is 12.8 Å². The van der Waals surface area contributed by atoms with Crippen LogP contribution in [0, 0.1) is 19.8 Å². The minimum atomic E-state index is 0.255. The number of nitrogens with zero attached hydrogens (tertiary/aromatic N) is 1. The smallest absolute Gasteiger partial charge is 0.138 e. The van der Waals surface area contributed by atoms with E-state index in [0.717, 1.165) is 29.0 Å². The first kappa shape index (κ1) is 14.7. The van der Waals surface area contributed by atoms with Crippen molar-refractivity contribution in [1.29, 1.82) is 0 Å². The van der Waals surface area contributed by atoms with Crippen molar-refractivity contribution in [2.75, 3.05) is 7.11 Å². The summed E-state index contributed by atoms with van der Waals surface area (Å²) in [5.41, 5.74) is 2.83. The van der Waals surface area contributed by atoms with Crippen LogP contribution in [0.1, 0.15) is 43.5 Å². The fourth-order valence-corrected chi connectivity index (χ4v) is 1.97. The Morgan fingerprint density at radius 2 is 2.06 bits per heavy atom. The molecule has 0 aromatic carbocycles. The molecule has 1 aromatic heterocycles. The number of rotatable bonds is 6. The second-order valence-electron chi connectivity index (χ2n) is 5.19. The number of aryl methyl sites for hydroxylation is 1. The van der Waals surface area contributed by atoms with Gasteiger partial charge >= 0.3 is 0 Å². The molecule has 0 saturated carbocycles. The molecule has 1 aromatic rings. The van der Waals surface area contributed by atoms with Gasteiger partial charge in [0.25, 0.3) is 0 Å². The molecule has 0 saturated heterocycles. The van der Waals surface area contributed by atoms with Crippen LogP contribution in [0.15, 0.2) is 6.20 Å². The highest BCUT2D eigenvalue weighted by Crippen LogP contribution is 2.24. The summed E-state index contributed by atoms with van der Waals surface area (Å²) >= 11 is 0. The molecule has 1 rings (SSSR count). The van der Waals surface area contributed by atoms with Crippen molar-refractivity contribution in [3.63, 3.8) is 0 Å². The van der Waals surface area contributed by atoms with E-state index in [-0.39, 0.29) is 5.78 Å². The molecule has 0 atom stereocenters. The summed E-state index contributed by atoms with van der Waals surface area (Å²) in [5.74, 6) is 1.66. The van der Waals surface area contributed by atoms with Crippen LogP contribution >= 0.6 is 0 Å². The van der Waals surface area contributed by atoms with Crippen molar-refractivity contribution in [3.05, 3.63) is 23.0 Å². The van der Waals surface area contributed by atoms with Gasteiger partial charge in [-0.25, -0.2) is 0 Å². The predicted molar refractivity (Wildman–Crippen MR) is 73.0 cm³/mol. The van der Waals surface area contributed by atoms with E-state index in [2.05, 4.69) is 18.8 Å². The molecule has 0 unspecified atom stereocenters. The molecular formula is C15H23NO2. The van der Waals surface area contributed by atoms with E-state index in [1.54, 1.807) is 13.3 Å². The minimum Gasteiger partial charge on any atom is -0.496 e. The van der Waals surface area contributed by atoms with Crippen molar-refractivity contribution in [3.8, 4) is 5.75 Å². The Morgan fingerprint density at radius 3 is 2.61 bits per heavy atom. The molecular weight excluding hydrogens is 226 g/mol. The molecule has 100 valence electrons. The molecule has 1 heterocycles. The number of aromatic nitrogens is 1. The second-order valence-corrected chi connectivity index (χ2v) is 5.19. The second kappa shape index (κ2) is 6.53. The number of ether oxygens (including phenoxy) is 1. The van der Waals surface area contributed by atoms with Gasteiger partial charge in [0.2, 0.25) is 0 Å². The first-order valence-corrected chi connectivity index (χ1v) is 6.46. The lowest BCUT2D eigenvalue weighted by Crippen LogP contribution is -2.08. The quantitative estimate of drug-likeness (QED) is 0.777. The van der Waals surface area contributed by atoms with E-state index in [9.17, 15) is 4.79 Å². The third-order valence-corrected chi connectivity index (χ3v) is 3.11. The number of hydrogen-bond donors (Lipinski definition) is 0. The zero-order valence-electron chi connectivity index (χ0n) is 12.0. The Balaban J connectivity index is 2.76. The largest absolute Gasteiger partial charge is 0.496 e. The number of Topliss-reactive ketones (excluding diaryl/α,β-unsaturated/α-hetero) is 1. The van der Waals surface area contributed by atoms with Crippen LogP contribution in [0.4, 0.5) is 0 Å². The number of carbonyl (C=O) groups excluding carboxylic acids is 1. The van der Waals surface area contributed by atoms with Crippen molar-refractivity contribution in [2.24, 2.45) is 5.92 Å². The summed E-state index contributed by atoms with van der Waals surface area (Å²) in [5, 5.41) is 0. The Bertz CT molecular complexity index is 425. The number of pyridine rings is 1. The molecule has 0 fully saturated rings. The maximum absolute atomic E-state index is 11.9. The summed E-state index contributed by atoms with van der Waals surface area (Å²) < 4.78 is 5.34. The zero-order chi connectivity index (χ0) is 13.7. The predicted octanol–water partition coefficient (Wildman–Crippen LogP) is 3.25. The highest BCUT2D eigenvalue weighted by atomic mass is 16.5. The van der Waals surface area contributed by atoms with E-state index in [1.807, 2.05) is 13.8 Å². The van der Waals surface area contributed by atoms with Crippen molar-refractivity contribution >= 4 is 5.78 Å². The first-order chi connectivity index (χ1) is 8.45. The highest BCUT2D eigenvalue weighted by Gasteiger charge is 2.13. The lowest BCUT2D eigenvalue weighted by atomic mass is 10.0. The van der Waals surface area contributed by atoms with E-state index in [0.29, 0.717) is 18.8 Å². The standard InChI is InChI=1S/C15H23NO2/c1-10(2)6-7-13(17)8-14-12(4)15(18-5)11(3)9-16-14/h9-10H,6-8H2,1-5H3. The van der Waals surface area contributed by atoms with E-state index in [4.69, 9.17) is 4.74 Å². The van der Waals surface area contributed by atoms with Crippen molar-refractivity contribution in [2.45, 2.75) is 47.0 Å². The number of hydrogen-bond acceptors (Lipinski definition) is 3.